The lowest BCUT2D eigenvalue weighted by molar-refractivity contribution is -0.122. The normalized spacial score (nSPS) is 27.1. The number of amides is 1. The quantitative estimate of drug-likeness (QED) is 0.202. The van der Waals surface area contributed by atoms with E-state index in [1.165, 1.54) is 5.56 Å². The minimum absolute atomic E-state index is 0.0305. The molecule has 1 heterocycles. The summed E-state index contributed by atoms with van der Waals surface area (Å²) in [6, 6.07) is 10.5. The Labute approximate surface area is 166 Å². The summed E-state index contributed by atoms with van der Waals surface area (Å²) in [4.78, 5) is 16.6. The van der Waals surface area contributed by atoms with Gasteiger partial charge >= 0.3 is 0 Å². The van der Waals surface area contributed by atoms with Gasteiger partial charge in [-0.05, 0) is 31.2 Å². The van der Waals surface area contributed by atoms with Crippen molar-refractivity contribution in [3.63, 3.8) is 0 Å². The molecule has 4 N–H and O–H groups in total. The minimum atomic E-state index is -0.230. The predicted octanol–water partition coefficient (Wildman–Crippen LogP) is 1.16. The number of hydrogen-bond acceptors (Lipinski definition) is 4. The van der Waals surface area contributed by atoms with Gasteiger partial charge in [0.25, 0.3) is 0 Å². The molecule has 0 saturated heterocycles. The molecule has 148 valence electrons. The molecule has 0 bridgehead atoms. The van der Waals surface area contributed by atoms with Gasteiger partial charge in [-0.2, -0.15) is 5.26 Å². The molecule has 7 heteroatoms. The molecule has 7 nitrogen and oxygen atoms in total. The fourth-order valence-electron chi connectivity index (χ4n) is 4.09. The number of benzene rings is 1. The highest BCUT2D eigenvalue weighted by atomic mass is 16.2. The summed E-state index contributed by atoms with van der Waals surface area (Å²) in [6.07, 6.45) is 9.59. The summed E-state index contributed by atoms with van der Waals surface area (Å²) in [5.41, 5.74) is 1.19. The molecule has 1 aromatic rings. The largest absolute Gasteiger partial charge is 0.354 e. The van der Waals surface area contributed by atoms with E-state index in [9.17, 15) is 4.79 Å². The molecule has 1 aromatic carbocycles. The Morgan fingerprint density at radius 2 is 2.07 bits per heavy atom. The highest BCUT2D eigenvalue weighted by Gasteiger charge is 2.37. The van der Waals surface area contributed by atoms with Crippen LogP contribution in [0.3, 0.4) is 0 Å². The molecule has 3 rings (SSSR count). The number of guanidine groups is 1. The Hall–Kier alpha value is -2.85. The van der Waals surface area contributed by atoms with Gasteiger partial charge in [0, 0.05) is 31.6 Å². The van der Waals surface area contributed by atoms with E-state index < -0.39 is 0 Å². The summed E-state index contributed by atoms with van der Waals surface area (Å²) in [6.45, 7) is 1.37. The summed E-state index contributed by atoms with van der Waals surface area (Å²) in [7, 11) is 1.66. The van der Waals surface area contributed by atoms with Crippen LogP contribution < -0.4 is 21.3 Å². The summed E-state index contributed by atoms with van der Waals surface area (Å²) >= 11 is 0. The molecule has 1 saturated carbocycles. The van der Waals surface area contributed by atoms with Crippen LogP contribution in [0.2, 0.25) is 0 Å². The van der Waals surface area contributed by atoms with Gasteiger partial charge < -0.3 is 10.6 Å². The van der Waals surface area contributed by atoms with Gasteiger partial charge in [0.15, 0.2) is 6.19 Å². The first kappa shape index (κ1) is 19.9. The second-order valence-electron chi connectivity index (χ2n) is 7.41. The number of rotatable bonds is 5. The Balaban J connectivity index is 1.67. The van der Waals surface area contributed by atoms with Crippen LogP contribution in [-0.4, -0.2) is 44.1 Å². The van der Waals surface area contributed by atoms with Crippen molar-refractivity contribution < 1.29 is 4.79 Å². The molecule has 1 fully saturated rings. The van der Waals surface area contributed by atoms with Crippen molar-refractivity contribution in [2.45, 2.75) is 43.2 Å². The zero-order valence-corrected chi connectivity index (χ0v) is 16.2. The molecular formula is C21H28N6O. The SMILES string of the molecule is CN=C(NC#N)NC1CCC(CNC(=O)C2C=CCN2)(c2ccccc2)CC1. The average molecular weight is 380 g/mol. The van der Waals surface area contributed by atoms with Gasteiger partial charge in [0.05, 0.1) is 0 Å². The van der Waals surface area contributed by atoms with Gasteiger partial charge in [0.2, 0.25) is 11.9 Å². The Bertz CT molecular complexity index is 759. The number of aliphatic imine (C=N–C) groups is 1. The molecule has 1 amide bonds. The van der Waals surface area contributed by atoms with Crippen molar-refractivity contribution in [3.05, 3.63) is 48.0 Å². The molecule has 28 heavy (non-hydrogen) atoms. The average Bonchev–Trinajstić information content (AvgIpc) is 3.28. The maximum atomic E-state index is 12.5. The highest BCUT2D eigenvalue weighted by molar-refractivity contribution is 5.84. The van der Waals surface area contributed by atoms with E-state index in [2.05, 4.69) is 50.5 Å². The maximum Gasteiger partial charge on any atom is 0.241 e. The molecule has 1 aliphatic carbocycles. The van der Waals surface area contributed by atoms with Crippen LogP contribution in [0.4, 0.5) is 0 Å². The van der Waals surface area contributed by atoms with Gasteiger partial charge in [-0.3, -0.25) is 20.4 Å². The van der Waals surface area contributed by atoms with Crippen LogP contribution in [-0.2, 0) is 10.2 Å². The van der Waals surface area contributed by atoms with Crippen molar-refractivity contribution in [2.24, 2.45) is 4.99 Å². The minimum Gasteiger partial charge on any atom is -0.354 e. The second kappa shape index (κ2) is 9.38. The Kier molecular flexibility index (Phi) is 6.66. The van der Waals surface area contributed by atoms with Crippen LogP contribution in [0.1, 0.15) is 31.2 Å². The third-order valence-corrected chi connectivity index (χ3v) is 5.74. The molecule has 2 aliphatic rings. The van der Waals surface area contributed by atoms with Crippen LogP contribution in [0.25, 0.3) is 0 Å². The van der Waals surface area contributed by atoms with Crippen molar-refractivity contribution >= 4 is 11.9 Å². The molecule has 1 aliphatic heterocycles. The van der Waals surface area contributed by atoms with E-state index in [-0.39, 0.29) is 23.4 Å². The van der Waals surface area contributed by atoms with Crippen LogP contribution in [0.15, 0.2) is 47.5 Å². The molecule has 0 aromatic heterocycles. The molecule has 1 unspecified atom stereocenters. The molecular weight excluding hydrogens is 352 g/mol. The molecule has 1 atom stereocenters. The van der Waals surface area contributed by atoms with Crippen molar-refractivity contribution in [3.8, 4) is 6.19 Å². The first-order chi connectivity index (χ1) is 13.7. The summed E-state index contributed by atoms with van der Waals surface area (Å²) in [5.74, 6) is 0.537. The number of nitrogens with one attached hydrogen (secondary N) is 4. The molecule has 0 radical (unpaired) electrons. The van der Waals surface area contributed by atoms with Crippen molar-refractivity contribution in [2.75, 3.05) is 20.1 Å². The standard InChI is InChI=1S/C21H28N6O/c1-23-20(26-15-22)27-17-9-11-21(12-10-17,16-6-3-2-4-7-16)14-25-19(28)18-8-5-13-24-18/h2-8,17-18,24H,9-14H2,1H3,(H,25,28)(H2,23,26,27). The zero-order valence-electron chi connectivity index (χ0n) is 16.2. The maximum absolute atomic E-state index is 12.5. The Morgan fingerprint density at radius 1 is 1.32 bits per heavy atom. The first-order valence-electron chi connectivity index (χ1n) is 9.78. The van der Waals surface area contributed by atoms with Crippen LogP contribution >= 0.6 is 0 Å². The van der Waals surface area contributed by atoms with Gasteiger partial charge in [-0.1, -0.05) is 42.5 Å². The smallest absolute Gasteiger partial charge is 0.241 e. The number of nitrogens with zero attached hydrogens (tertiary/aromatic N) is 2. The lowest BCUT2D eigenvalue weighted by Crippen LogP contribution is -2.51. The van der Waals surface area contributed by atoms with Crippen molar-refractivity contribution in [1.29, 1.82) is 5.26 Å². The predicted molar refractivity (Wildman–Crippen MR) is 110 cm³/mol. The monoisotopic (exact) mass is 380 g/mol. The van der Waals surface area contributed by atoms with Crippen molar-refractivity contribution in [1.82, 2.24) is 21.3 Å². The third kappa shape index (κ3) is 4.70. The topological polar surface area (TPSA) is 101 Å². The van der Waals surface area contributed by atoms with Gasteiger partial charge in [0.1, 0.15) is 6.04 Å². The lowest BCUT2D eigenvalue weighted by atomic mass is 9.68. The van der Waals surface area contributed by atoms with E-state index in [0.717, 1.165) is 32.2 Å². The number of carbonyl (C=O) groups is 1. The van der Waals surface area contributed by atoms with E-state index in [4.69, 9.17) is 5.26 Å². The fourth-order valence-corrected chi connectivity index (χ4v) is 4.09. The number of nitriles is 1. The number of carbonyl (C=O) groups excluding carboxylic acids is 1. The van der Waals surface area contributed by atoms with E-state index in [1.807, 2.05) is 24.4 Å². The number of hydrogen-bond donors (Lipinski definition) is 4. The highest BCUT2D eigenvalue weighted by Crippen LogP contribution is 2.39. The van der Waals surface area contributed by atoms with E-state index in [0.29, 0.717) is 12.5 Å². The lowest BCUT2D eigenvalue weighted by Gasteiger charge is -2.41. The van der Waals surface area contributed by atoms with Gasteiger partial charge in [-0.15, -0.1) is 0 Å². The summed E-state index contributed by atoms with van der Waals surface area (Å²) in [5, 5.41) is 21.0. The van der Waals surface area contributed by atoms with Crippen LogP contribution in [0, 0.1) is 11.5 Å². The fraction of sp³-hybridized carbons (Fsp3) is 0.476. The molecule has 0 spiro atoms. The first-order valence-corrected chi connectivity index (χ1v) is 9.78. The summed E-state index contributed by atoms with van der Waals surface area (Å²) < 4.78 is 0. The van der Waals surface area contributed by atoms with E-state index in [1.54, 1.807) is 7.05 Å². The second-order valence-corrected chi connectivity index (χ2v) is 7.41. The Morgan fingerprint density at radius 3 is 2.68 bits per heavy atom. The van der Waals surface area contributed by atoms with Crippen LogP contribution in [0.5, 0.6) is 0 Å². The zero-order chi connectivity index (χ0) is 19.8. The third-order valence-electron chi connectivity index (χ3n) is 5.74. The van der Waals surface area contributed by atoms with Gasteiger partial charge in [-0.25, -0.2) is 0 Å². The van der Waals surface area contributed by atoms with E-state index >= 15 is 0 Å².